The van der Waals surface area contributed by atoms with Crippen molar-refractivity contribution in [1.29, 1.82) is 0 Å². The molecule has 2 amide bonds. The van der Waals surface area contributed by atoms with Gasteiger partial charge in [-0.15, -0.1) is 0 Å². The molecular weight excluding hydrogens is 418 g/mol. The number of carbonyl (C=O) groups is 2. The Hall–Kier alpha value is -2.86. The van der Waals surface area contributed by atoms with Gasteiger partial charge in [-0.25, -0.2) is 0 Å². The second-order valence-electron chi connectivity index (χ2n) is 6.67. The molecule has 0 fully saturated rings. The van der Waals surface area contributed by atoms with Crippen molar-refractivity contribution >= 4 is 33.4 Å². The van der Waals surface area contributed by atoms with Crippen LogP contribution in [0.1, 0.15) is 35.9 Å². The smallest absolute Gasteiger partial charge is 0.268 e. The molecule has 28 heavy (non-hydrogen) atoms. The molecule has 1 aromatic heterocycles. The molecular formula is C22H22BrN3O2. The number of rotatable bonds is 5. The largest absolute Gasteiger partial charge is 0.344 e. The lowest BCUT2D eigenvalue weighted by Gasteiger charge is -2.16. The van der Waals surface area contributed by atoms with Crippen LogP contribution in [-0.4, -0.2) is 16.4 Å². The Bertz CT molecular complexity index is 1030. The van der Waals surface area contributed by atoms with Crippen LogP contribution < -0.4 is 10.6 Å². The third kappa shape index (κ3) is 4.51. The van der Waals surface area contributed by atoms with Gasteiger partial charge in [0.15, 0.2) is 0 Å². The van der Waals surface area contributed by atoms with Crippen LogP contribution in [0.3, 0.4) is 0 Å². The highest BCUT2D eigenvalue weighted by Crippen LogP contribution is 2.25. The van der Waals surface area contributed by atoms with Crippen LogP contribution in [0, 0.1) is 0 Å². The van der Waals surface area contributed by atoms with Crippen molar-refractivity contribution in [2.24, 2.45) is 7.05 Å². The van der Waals surface area contributed by atoms with Gasteiger partial charge in [0, 0.05) is 29.8 Å². The molecule has 0 bridgehead atoms. The Balaban J connectivity index is 1.77. The third-order valence-electron chi connectivity index (χ3n) is 4.53. The maximum Gasteiger partial charge on any atom is 0.268 e. The highest BCUT2D eigenvalue weighted by molar-refractivity contribution is 9.10. The van der Waals surface area contributed by atoms with Gasteiger partial charge in [0.25, 0.3) is 5.91 Å². The minimum atomic E-state index is -0.203. The molecule has 6 heteroatoms. The standard InChI is InChI=1S/C22H22BrN3O2/c1-14(16-6-5-9-19(13-16)25-15(2)27)24-22(28)21-11-10-20(26(21)3)17-7-4-8-18(23)12-17/h4-14H,1-3H3,(H,24,28)(H,25,27)/t14-/m1/s1. The topological polar surface area (TPSA) is 63.1 Å². The van der Waals surface area contributed by atoms with Crippen molar-refractivity contribution in [3.63, 3.8) is 0 Å². The average Bonchev–Trinajstić information content (AvgIpc) is 3.03. The summed E-state index contributed by atoms with van der Waals surface area (Å²) < 4.78 is 2.88. The predicted octanol–water partition coefficient (Wildman–Crippen LogP) is 4.90. The molecule has 1 heterocycles. The van der Waals surface area contributed by atoms with E-state index in [1.54, 1.807) is 0 Å². The average molecular weight is 440 g/mol. The lowest BCUT2D eigenvalue weighted by molar-refractivity contribution is -0.114. The molecule has 144 valence electrons. The second-order valence-corrected chi connectivity index (χ2v) is 7.59. The van der Waals surface area contributed by atoms with E-state index in [0.29, 0.717) is 11.4 Å². The van der Waals surface area contributed by atoms with Gasteiger partial charge in [-0.2, -0.15) is 0 Å². The van der Waals surface area contributed by atoms with Crippen LogP contribution in [-0.2, 0) is 11.8 Å². The molecule has 2 aromatic carbocycles. The van der Waals surface area contributed by atoms with Gasteiger partial charge in [0.2, 0.25) is 5.91 Å². The summed E-state index contributed by atoms with van der Waals surface area (Å²) in [6, 6.07) is 19.0. The third-order valence-corrected chi connectivity index (χ3v) is 5.02. The molecule has 0 saturated heterocycles. The van der Waals surface area contributed by atoms with E-state index in [-0.39, 0.29) is 17.9 Å². The normalized spacial score (nSPS) is 11.7. The van der Waals surface area contributed by atoms with Crippen molar-refractivity contribution < 1.29 is 9.59 Å². The number of anilines is 1. The van der Waals surface area contributed by atoms with E-state index in [1.807, 2.05) is 79.2 Å². The first-order valence-corrected chi connectivity index (χ1v) is 9.74. The molecule has 5 nitrogen and oxygen atoms in total. The summed E-state index contributed by atoms with van der Waals surface area (Å²) in [4.78, 5) is 24.1. The molecule has 1 atom stereocenters. The summed E-state index contributed by atoms with van der Waals surface area (Å²) >= 11 is 3.48. The number of halogens is 1. The maximum atomic E-state index is 12.8. The Morgan fingerprint density at radius 1 is 1.04 bits per heavy atom. The highest BCUT2D eigenvalue weighted by Gasteiger charge is 2.17. The molecule has 0 unspecified atom stereocenters. The highest BCUT2D eigenvalue weighted by atomic mass is 79.9. The van der Waals surface area contributed by atoms with Crippen LogP contribution in [0.4, 0.5) is 5.69 Å². The molecule has 3 rings (SSSR count). The van der Waals surface area contributed by atoms with Gasteiger partial charge in [0.05, 0.1) is 6.04 Å². The number of aromatic nitrogens is 1. The van der Waals surface area contributed by atoms with Gasteiger partial charge in [-0.3, -0.25) is 9.59 Å². The zero-order valence-corrected chi connectivity index (χ0v) is 17.6. The van der Waals surface area contributed by atoms with Gasteiger partial charge < -0.3 is 15.2 Å². The number of nitrogens with zero attached hydrogens (tertiary/aromatic N) is 1. The molecule has 0 saturated carbocycles. The number of nitrogens with one attached hydrogen (secondary N) is 2. The molecule has 2 N–H and O–H groups in total. The molecule has 0 aliphatic rings. The van der Waals surface area contributed by atoms with Crippen LogP contribution in [0.25, 0.3) is 11.3 Å². The first-order chi connectivity index (χ1) is 13.3. The molecule has 0 radical (unpaired) electrons. The van der Waals surface area contributed by atoms with Crippen molar-refractivity contribution in [2.75, 3.05) is 5.32 Å². The van der Waals surface area contributed by atoms with E-state index in [9.17, 15) is 9.59 Å². The maximum absolute atomic E-state index is 12.8. The van der Waals surface area contributed by atoms with Gasteiger partial charge >= 0.3 is 0 Å². The summed E-state index contributed by atoms with van der Waals surface area (Å²) in [6.45, 7) is 3.39. The van der Waals surface area contributed by atoms with Crippen molar-refractivity contribution in [2.45, 2.75) is 19.9 Å². The molecule has 0 spiro atoms. The molecule has 0 aliphatic carbocycles. The van der Waals surface area contributed by atoms with Crippen molar-refractivity contribution in [1.82, 2.24) is 9.88 Å². The lowest BCUT2D eigenvalue weighted by atomic mass is 10.1. The SMILES string of the molecule is CC(=O)Nc1cccc([C@@H](C)NC(=O)c2ccc(-c3cccc(Br)c3)n2C)c1. The lowest BCUT2D eigenvalue weighted by Crippen LogP contribution is -2.28. The fourth-order valence-corrected chi connectivity index (χ4v) is 3.52. The zero-order valence-electron chi connectivity index (χ0n) is 16.0. The van der Waals surface area contributed by atoms with Crippen LogP contribution in [0.5, 0.6) is 0 Å². The van der Waals surface area contributed by atoms with E-state index < -0.39 is 0 Å². The van der Waals surface area contributed by atoms with Gasteiger partial charge in [0.1, 0.15) is 5.69 Å². The van der Waals surface area contributed by atoms with Crippen LogP contribution >= 0.6 is 15.9 Å². The first kappa shape index (κ1) is 19.9. The Morgan fingerprint density at radius 3 is 2.50 bits per heavy atom. The van der Waals surface area contributed by atoms with E-state index in [2.05, 4.69) is 26.6 Å². The van der Waals surface area contributed by atoms with Crippen molar-refractivity contribution in [3.8, 4) is 11.3 Å². The minimum Gasteiger partial charge on any atom is -0.344 e. The van der Waals surface area contributed by atoms with Crippen LogP contribution in [0.2, 0.25) is 0 Å². The molecule has 3 aromatic rings. The number of hydrogen-bond acceptors (Lipinski definition) is 2. The summed E-state index contributed by atoms with van der Waals surface area (Å²) in [5.41, 5.74) is 4.21. The van der Waals surface area contributed by atoms with Crippen LogP contribution in [0.15, 0.2) is 65.1 Å². The van der Waals surface area contributed by atoms with E-state index in [1.165, 1.54) is 6.92 Å². The fourth-order valence-electron chi connectivity index (χ4n) is 3.12. The fraction of sp³-hybridized carbons (Fsp3) is 0.182. The number of benzene rings is 2. The zero-order chi connectivity index (χ0) is 20.3. The van der Waals surface area contributed by atoms with E-state index in [0.717, 1.165) is 21.3 Å². The summed E-state index contributed by atoms with van der Waals surface area (Å²) in [5.74, 6) is -0.279. The van der Waals surface area contributed by atoms with E-state index >= 15 is 0 Å². The predicted molar refractivity (Wildman–Crippen MR) is 115 cm³/mol. The minimum absolute atomic E-state index is 0.127. The number of amides is 2. The number of hydrogen-bond donors (Lipinski definition) is 2. The monoisotopic (exact) mass is 439 g/mol. The Morgan fingerprint density at radius 2 is 1.79 bits per heavy atom. The Labute approximate surface area is 172 Å². The quantitative estimate of drug-likeness (QED) is 0.593. The molecule has 0 aliphatic heterocycles. The summed E-state index contributed by atoms with van der Waals surface area (Å²) in [6.07, 6.45) is 0. The first-order valence-electron chi connectivity index (χ1n) is 8.95. The second kappa shape index (κ2) is 8.44. The Kier molecular flexibility index (Phi) is 5.99. The number of carbonyl (C=O) groups excluding carboxylic acids is 2. The summed E-state index contributed by atoms with van der Waals surface area (Å²) in [7, 11) is 1.88. The van der Waals surface area contributed by atoms with Gasteiger partial charge in [-0.1, -0.05) is 40.2 Å². The summed E-state index contributed by atoms with van der Waals surface area (Å²) in [5, 5.41) is 5.79. The van der Waals surface area contributed by atoms with Crippen molar-refractivity contribution in [3.05, 3.63) is 76.4 Å². The van der Waals surface area contributed by atoms with E-state index in [4.69, 9.17) is 0 Å². The van der Waals surface area contributed by atoms with Gasteiger partial charge in [-0.05, 0) is 54.4 Å².